The second-order valence-electron chi connectivity index (χ2n) is 3.40. The van der Waals surface area contributed by atoms with Crippen molar-refractivity contribution in [1.29, 1.82) is 0 Å². The summed E-state index contributed by atoms with van der Waals surface area (Å²) in [6.45, 7) is 8.49. The van der Waals surface area contributed by atoms with Crippen LogP contribution < -0.4 is 0 Å². The first-order valence-electron chi connectivity index (χ1n) is 4.35. The van der Waals surface area contributed by atoms with Gasteiger partial charge in [0.05, 0.1) is 12.7 Å². The van der Waals surface area contributed by atoms with Crippen LogP contribution in [0.1, 0.15) is 20.8 Å². The van der Waals surface area contributed by atoms with Crippen LogP contribution in [-0.4, -0.2) is 29.6 Å². The summed E-state index contributed by atoms with van der Waals surface area (Å²) in [6.07, 6.45) is -0.623. The Balaban J connectivity index is 4.30. The first-order chi connectivity index (χ1) is 6.36. The molecule has 0 rings (SSSR count). The van der Waals surface area contributed by atoms with Crippen molar-refractivity contribution in [2.24, 2.45) is 5.92 Å². The second kappa shape index (κ2) is 5.54. The van der Waals surface area contributed by atoms with Crippen LogP contribution in [0.2, 0.25) is 0 Å². The lowest BCUT2D eigenvalue weighted by atomic mass is 10.00. The fourth-order valence-electron chi connectivity index (χ4n) is 1.08. The number of rotatable bonds is 6. The van der Waals surface area contributed by atoms with Gasteiger partial charge in [0.25, 0.3) is 0 Å². The van der Waals surface area contributed by atoms with Crippen molar-refractivity contribution in [2.75, 3.05) is 6.61 Å². The van der Waals surface area contributed by atoms with Gasteiger partial charge in [0.15, 0.2) is 0 Å². The lowest BCUT2D eigenvalue weighted by molar-refractivity contribution is -0.151. The van der Waals surface area contributed by atoms with E-state index in [2.05, 4.69) is 6.58 Å². The molecule has 0 saturated carbocycles. The van der Waals surface area contributed by atoms with Crippen molar-refractivity contribution >= 4 is 11.8 Å². The molecule has 0 amide bonds. The molecule has 0 aromatic heterocycles. The predicted octanol–water partition coefficient (Wildman–Crippen LogP) is 1.26. The highest BCUT2D eigenvalue weighted by atomic mass is 16.5. The van der Waals surface area contributed by atoms with Gasteiger partial charge in [0.1, 0.15) is 11.7 Å². The number of Topliss-reactive ketones (excluding diaryl/α,β-unsaturated/α-hetero) is 1. The molecule has 0 fully saturated rings. The highest BCUT2D eigenvalue weighted by Crippen LogP contribution is 2.10. The number of carbonyl (C=O) groups is 2. The third kappa shape index (κ3) is 4.18. The summed E-state index contributed by atoms with van der Waals surface area (Å²) in [4.78, 5) is 21.7. The molecule has 0 radical (unpaired) electrons. The van der Waals surface area contributed by atoms with Crippen molar-refractivity contribution in [1.82, 2.24) is 0 Å². The molecule has 0 aliphatic rings. The zero-order valence-corrected chi connectivity index (χ0v) is 8.74. The second-order valence-corrected chi connectivity index (χ2v) is 3.40. The summed E-state index contributed by atoms with van der Waals surface area (Å²) in [5.41, 5.74) is 0.796. The smallest absolute Gasteiger partial charge is 0.316 e. The normalized spacial score (nSPS) is 14.5. The summed E-state index contributed by atoms with van der Waals surface area (Å²) in [5.74, 6) is -2.63. The molecule has 0 spiro atoms. The van der Waals surface area contributed by atoms with E-state index in [0.29, 0.717) is 0 Å². The maximum atomic E-state index is 11.0. The van der Waals surface area contributed by atoms with E-state index in [9.17, 15) is 9.59 Å². The molecule has 0 aromatic carbocycles. The van der Waals surface area contributed by atoms with Gasteiger partial charge in [-0.25, -0.2) is 0 Å². The molecule has 4 heteroatoms. The van der Waals surface area contributed by atoms with Crippen molar-refractivity contribution in [3.63, 3.8) is 0 Å². The van der Waals surface area contributed by atoms with Gasteiger partial charge in [-0.3, -0.25) is 9.59 Å². The topological polar surface area (TPSA) is 63.6 Å². The quantitative estimate of drug-likeness (QED) is 0.518. The summed E-state index contributed by atoms with van der Waals surface area (Å²) in [6, 6.07) is 0. The minimum absolute atomic E-state index is 0.276. The molecule has 0 aliphatic heterocycles. The molecule has 0 saturated heterocycles. The minimum atomic E-state index is -1.15. The number of carboxylic acid groups (broad SMARTS) is 1. The molecular weight excluding hydrogens is 184 g/mol. The molecule has 1 N–H and O–H groups in total. The number of ketones is 1. The highest BCUT2D eigenvalue weighted by Gasteiger charge is 2.29. The molecule has 0 bridgehead atoms. The van der Waals surface area contributed by atoms with Crippen LogP contribution in [0.3, 0.4) is 0 Å². The van der Waals surface area contributed by atoms with Gasteiger partial charge in [0.2, 0.25) is 0 Å². The van der Waals surface area contributed by atoms with Gasteiger partial charge in [-0.05, 0) is 20.8 Å². The predicted molar refractivity (Wildman–Crippen MR) is 52.0 cm³/mol. The molecule has 0 aliphatic carbocycles. The summed E-state index contributed by atoms with van der Waals surface area (Å²) >= 11 is 0. The SMILES string of the molecule is C=C(C)COC(C)C(C(C)=O)C(=O)O. The Morgan fingerprint density at radius 2 is 1.93 bits per heavy atom. The highest BCUT2D eigenvalue weighted by molar-refractivity contribution is 5.97. The molecule has 80 valence electrons. The molecule has 2 unspecified atom stereocenters. The maximum Gasteiger partial charge on any atom is 0.316 e. The Kier molecular flexibility index (Phi) is 5.09. The maximum absolute atomic E-state index is 11.0. The number of carboxylic acids is 1. The molecular formula is C10H16O4. The summed E-state index contributed by atoms with van der Waals surface area (Å²) < 4.78 is 5.19. The van der Waals surface area contributed by atoms with Crippen molar-refractivity contribution in [3.8, 4) is 0 Å². The van der Waals surface area contributed by atoms with Crippen LogP contribution >= 0.6 is 0 Å². The van der Waals surface area contributed by atoms with Gasteiger partial charge < -0.3 is 9.84 Å². The van der Waals surface area contributed by atoms with E-state index >= 15 is 0 Å². The van der Waals surface area contributed by atoms with Gasteiger partial charge in [-0.15, -0.1) is 0 Å². The van der Waals surface area contributed by atoms with Crippen LogP contribution in [0, 0.1) is 5.92 Å². The third-order valence-electron chi connectivity index (χ3n) is 1.77. The Hall–Kier alpha value is -1.16. The molecule has 14 heavy (non-hydrogen) atoms. The van der Waals surface area contributed by atoms with Crippen LogP contribution in [0.4, 0.5) is 0 Å². The standard InChI is InChI=1S/C10H16O4/c1-6(2)5-14-8(4)9(7(3)11)10(12)13/h8-9H,1,5H2,2-4H3,(H,12,13). The number of ether oxygens (including phenoxy) is 1. The number of hydrogen-bond acceptors (Lipinski definition) is 3. The van der Waals surface area contributed by atoms with Crippen molar-refractivity contribution < 1.29 is 19.4 Å². The minimum Gasteiger partial charge on any atom is -0.481 e. The van der Waals surface area contributed by atoms with Gasteiger partial charge in [-0.1, -0.05) is 12.2 Å². The molecule has 0 aromatic rings. The Morgan fingerprint density at radius 1 is 1.43 bits per heavy atom. The van der Waals surface area contributed by atoms with Crippen LogP contribution in [-0.2, 0) is 14.3 Å². The first kappa shape index (κ1) is 12.8. The number of carbonyl (C=O) groups excluding carboxylic acids is 1. The lowest BCUT2D eigenvalue weighted by Crippen LogP contribution is -2.34. The molecule has 4 nitrogen and oxygen atoms in total. The summed E-state index contributed by atoms with van der Waals surface area (Å²) in [7, 11) is 0. The third-order valence-corrected chi connectivity index (χ3v) is 1.77. The van der Waals surface area contributed by atoms with E-state index in [4.69, 9.17) is 9.84 Å². The number of hydrogen-bond donors (Lipinski definition) is 1. The Morgan fingerprint density at radius 3 is 2.21 bits per heavy atom. The fraction of sp³-hybridized carbons (Fsp3) is 0.600. The van der Waals surface area contributed by atoms with Crippen molar-refractivity contribution in [3.05, 3.63) is 12.2 Å². The average Bonchev–Trinajstić information content (AvgIpc) is 1.99. The zero-order valence-electron chi connectivity index (χ0n) is 8.74. The van der Waals surface area contributed by atoms with Crippen LogP contribution in [0.25, 0.3) is 0 Å². The van der Waals surface area contributed by atoms with Crippen molar-refractivity contribution in [2.45, 2.75) is 26.9 Å². The monoisotopic (exact) mass is 200 g/mol. The number of aliphatic carboxylic acids is 1. The lowest BCUT2D eigenvalue weighted by Gasteiger charge is -2.18. The molecule has 2 atom stereocenters. The van der Waals surface area contributed by atoms with Gasteiger partial charge in [0, 0.05) is 0 Å². The Labute approximate surface area is 83.6 Å². The van der Waals surface area contributed by atoms with Gasteiger partial charge >= 0.3 is 5.97 Å². The van der Waals surface area contributed by atoms with Crippen LogP contribution in [0.5, 0.6) is 0 Å². The summed E-state index contributed by atoms with van der Waals surface area (Å²) in [5, 5.41) is 8.76. The largest absolute Gasteiger partial charge is 0.481 e. The first-order valence-corrected chi connectivity index (χ1v) is 4.35. The van der Waals surface area contributed by atoms with E-state index in [1.807, 2.05) is 0 Å². The average molecular weight is 200 g/mol. The van der Waals surface area contributed by atoms with E-state index in [-0.39, 0.29) is 6.61 Å². The molecule has 0 heterocycles. The van der Waals surface area contributed by atoms with E-state index in [0.717, 1.165) is 5.57 Å². The fourth-order valence-corrected chi connectivity index (χ4v) is 1.08. The van der Waals surface area contributed by atoms with Gasteiger partial charge in [-0.2, -0.15) is 0 Å². The van der Waals surface area contributed by atoms with Crippen LogP contribution in [0.15, 0.2) is 12.2 Å². The van der Waals surface area contributed by atoms with E-state index in [1.165, 1.54) is 6.92 Å². The zero-order chi connectivity index (χ0) is 11.3. The van der Waals surface area contributed by atoms with E-state index < -0.39 is 23.8 Å². The Bertz CT molecular complexity index is 231. The van der Waals surface area contributed by atoms with E-state index in [1.54, 1.807) is 13.8 Å².